The van der Waals surface area contributed by atoms with Crippen molar-refractivity contribution >= 4 is 0 Å². The quantitative estimate of drug-likeness (QED) is 0.743. The normalized spacial score (nSPS) is 20.2. The first kappa shape index (κ1) is 13.4. The maximum Gasteiger partial charge on any atom is 0.0139 e. The van der Waals surface area contributed by atoms with Crippen molar-refractivity contribution in [2.24, 2.45) is 0 Å². The summed E-state index contributed by atoms with van der Waals surface area (Å²) in [5.41, 5.74) is 3.15. The van der Waals surface area contributed by atoms with Crippen molar-refractivity contribution in [3.05, 3.63) is 48.0 Å². The van der Waals surface area contributed by atoms with Crippen molar-refractivity contribution in [2.75, 3.05) is 6.54 Å². The number of aryl methyl sites for hydroxylation is 1. The molecule has 0 spiro atoms. The van der Waals surface area contributed by atoms with Crippen LogP contribution in [-0.4, -0.2) is 12.6 Å². The van der Waals surface area contributed by atoms with Crippen molar-refractivity contribution in [1.29, 1.82) is 0 Å². The van der Waals surface area contributed by atoms with Crippen LogP contribution in [0.2, 0.25) is 0 Å². The highest BCUT2D eigenvalue weighted by Gasteiger charge is 2.26. The first-order chi connectivity index (χ1) is 8.86. The van der Waals surface area contributed by atoms with Gasteiger partial charge in [0.25, 0.3) is 0 Å². The molecule has 1 heteroatoms. The molecule has 98 valence electrons. The Hall–Kier alpha value is -1.08. The van der Waals surface area contributed by atoms with Crippen LogP contribution in [0.15, 0.2) is 36.9 Å². The zero-order valence-corrected chi connectivity index (χ0v) is 11.5. The number of hydrogen-bond acceptors (Lipinski definition) is 1. The molecule has 0 bridgehead atoms. The van der Waals surface area contributed by atoms with Crippen molar-refractivity contribution < 1.29 is 0 Å². The molecule has 1 N–H and O–H groups in total. The number of rotatable bonds is 6. The predicted molar refractivity (Wildman–Crippen MR) is 79.0 cm³/mol. The fourth-order valence-electron chi connectivity index (χ4n) is 3.21. The highest BCUT2D eigenvalue weighted by molar-refractivity contribution is 5.33. The van der Waals surface area contributed by atoms with E-state index in [1.54, 1.807) is 11.1 Å². The third-order valence-electron chi connectivity index (χ3n) is 4.05. The van der Waals surface area contributed by atoms with E-state index in [4.69, 9.17) is 0 Å². The molecule has 0 saturated heterocycles. The number of hydrogen-bond donors (Lipinski definition) is 1. The first-order valence-electron chi connectivity index (χ1n) is 7.29. The number of benzene rings is 1. The van der Waals surface area contributed by atoms with Gasteiger partial charge in [0, 0.05) is 6.04 Å². The molecule has 1 aromatic rings. The second-order valence-electron chi connectivity index (χ2n) is 5.23. The largest absolute Gasteiger partial charge is 0.314 e. The van der Waals surface area contributed by atoms with Crippen LogP contribution >= 0.6 is 0 Å². The maximum atomic E-state index is 3.85. The van der Waals surface area contributed by atoms with Crippen LogP contribution in [0.4, 0.5) is 0 Å². The van der Waals surface area contributed by atoms with Crippen LogP contribution in [0.1, 0.15) is 49.7 Å². The zero-order valence-electron chi connectivity index (χ0n) is 11.5. The average Bonchev–Trinajstić information content (AvgIpc) is 2.43. The number of fused-ring (bicyclic) bond motifs is 1. The van der Waals surface area contributed by atoms with E-state index in [-0.39, 0.29) is 0 Å². The molecule has 0 aromatic heterocycles. The Labute approximate surface area is 111 Å². The molecule has 0 heterocycles. The van der Waals surface area contributed by atoms with Gasteiger partial charge in [-0.1, -0.05) is 37.3 Å². The minimum atomic E-state index is 0.606. The molecule has 1 aliphatic rings. The molecule has 2 unspecified atom stereocenters. The molecule has 0 saturated carbocycles. The molecule has 2 rings (SSSR count). The van der Waals surface area contributed by atoms with Crippen LogP contribution in [0, 0.1) is 0 Å². The van der Waals surface area contributed by atoms with Crippen molar-refractivity contribution in [1.82, 2.24) is 5.32 Å². The summed E-state index contributed by atoms with van der Waals surface area (Å²) in [4.78, 5) is 0. The molecular weight excluding hydrogens is 218 g/mol. The molecule has 0 aliphatic heterocycles. The molecule has 1 aromatic carbocycles. The van der Waals surface area contributed by atoms with Gasteiger partial charge in [0.15, 0.2) is 0 Å². The van der Waals surface area contributed by atoms with E-state index in [1.165, 1.54) is 25.7 Å². The van der Waals surface area contributed by atoms with E-state index in [0.29, 0.717) is 12.0 Å². The molecule has 1 nitrogen and oxygen atoms in total. The van der Waals surface area contributed by atoms with Gasteiger partial charge in [0.2, 0.25) is 0 Å². The fraction of sp³-hybridized carbons (Fsp3) is 0.529. The first-order valence-corrected chi connectivity index (χ1v) is 7.29. The summed E-state index contributed by atoms with van der Waals surface area (Å²) in [7, 11) is 0. The standard InChI is InChI=1S/C17H25N/c1-3-5-13-17(18-4-2)16-12-8-10-14-9-6-7-11-15(14)16/h3,6-7,9,11,16-18H,1,4-5,8,10,12-13H2,2H3. The Morgan fingerprint density at radius 2 is 2.28 bits per heavy atom. The van der Waals surface area contributed by atoms with E-state index in [1.807, 2.05) is 6.08 Å². The van der Waals surface area contributed by atoms with Crippen molar-refractivity contribution in [3.63, 3.8) is 0 Å². The maximum absolute atomic E-state index is 3.85. The van der Waals surface area contributed by atoms with Gasteiger partial charge in [-0.25, -0.2) is 0 Å². The van der Waals surface area contributed by atoms with Gasteiger partial charge in [-0.2, -0.15) is 0 Å². The summed E-state index contributed by atoms with van der Waals surface area (Å²) in [6, 6.07) is 9.60. The van der Waals surface area contributed by atoms with Crippen LogP contribution < -0.4 is 5.32 Å². The number of likely N-dealkylation sites (N-methyl/N-ethyl adjacent to an activating group) is 1. The van der Waals surface area contributed by atoms with Crippen LogP contribution in [0.25, 0.3) is 0 Å². The third-order valence-corrected chi connectivity index (χ3v) is 4.05. The lowest BCUT2D eigenvalue weighted by molar-refractivity contribution is 0.381. The van der Waals surface area contributed by atoms with E-state index in [9.17, 15) is 0 Å². The van der Waals surface area contributed by atoms with Gasteiger partial charge < -0.3 is 5.32 Å². The van der Waals surface area contributed by atoms with E-state index >= 15 is 0 Å². The second kappa shape index (κ2) is 6.75. The third kappa shape index (κ3) is 3.02. The summed E-state index contributed by atoms with van der Waals surface area (Å²) >= 11 is 0. The Kier molecular flexibility index (Phi) is 5.00. The van der Waals surface area contributed by atoms with E-state index in [2.05, 4.69) is 43.1 Å². The lowest BCUT2D eigenvalue weighted by atomic mass is 9.77. The molecular formula is C17H25N. The summed E-state index contributed by atoms with van der Waals surface area (Å²) in [6.45, 7) is 7.11. The van der Waals surface area contributed by atoms with Crippen molar-refractivity contribution in [2.45, 2.75) is 51.0 Å². The van der Waals surface area contributed by atoms with Gasteiger partial charge in [0.1, 0.15) is 0 Å². The van der Waals surface area contributed by atoms with Gasteiger partial charge in [-0.05, 0) is 55.7 Å². The highest BCUT2D eigenvalue weighted by Crippen LogP contribution is 2.35. The Morgan fingerprint density at radius 1 is 1.44 bits per heavy atom. The topological polar surface area (TPSA) is 12.0 Å². The van der Waals surface area contributed by atoms with Gasteiger partial charge in [0.05, 0.1) is 0 Å². The second-order valence-corrected chi connectivity index (χ2v) is 5.23. The lowest BCUT2D eigenvalue weighted by Gasteiger charge is -2.33. The molecule has 0 radical (unpaired) electrons. The smallest absolute Gasteiger partial charge is 0.0139 e. The minimum absolute atomic E-state index is 0.606. The SMILES string of the molecule is C=CCCC(NCC)C1CCCc2ccccc21. The number of allylic oxidation sites excluding steroid dienone is 1. The molecule has 18 heavy (non-hydrogen) atoms. The molecule has 0 fully saturated rings. The highest BCUT2D eigenvalue weighted by atomic mass is 14.9. The van der Waals surface area contributed by atoms with Gasteiger partial charge in [-0.3, -0.25) is 0 Å². The monoisotopic (exact) mass is 243 g/mol. The fourth-order valence-corrected chi connectivity index (χ4v) is 3.21. The summed E-state index contributed by atoms with van der Waals surface area (Å²) < 4.78 is 0. The minimum Gasteiger partial charge on any atom is -0.314 e. The van der Waals surface area contributed by atoms with Crippen LogP contribution in [0.5, 0.6) is 0 Å². The van der Waals surface area contributed by atoms with Gasteiger partial charge >= 0.3 is 0 Å². The number of nitrogens with one attached hydrogen (secondary N) is 1. The summed E-state index contributed by atoms with van der Waals surface area (Å²) in [6.07, 6.45) is 8.27. The van der Waals surface area contributed by atoms with Crippen molar-refractivity contribution in [3.8, 4) is 0 Å². The van der Waals surface area contributed by atoms with Gasteiger partial charge in [-0.15, -0.1) is 6.58 Å². The summed E-state index contributed by atoms with van der Waals surface area (Å²) in [5.74, 6) is 0.690. The Balaban J connectivity index is 2.17. The molecule has 0 amide bonds. The average molecular weight is 243 g/mol. The van der Waals surface area contributed by atoms with Crippen LogP contribution in [-0.2, 0) is 6.42 Å². The predicted octanol–water partition coefficient (Wildman–Crippen LogP) is 4.05. The van der Waals surface area contributed by atoms with E-state index in [0.717, 1.165) is 13.0 Å². The lowest BCUT2D eigenvalue weighted by Crippen LogP contribution is -2.36. The molecule has 2 atom stereocenters. The molecule has 1 aliphatic carbocycles. The zero-order chi connectivity index (χ0) is 12.8. The summed E-state index contributed by atoms with van der Waals surface area (Å²) in [5, 5.41) is 3.68. The van der Waals surface area contributed by atoms with Crippen LogP contribution in [0.3, 0.4) is 0 Å². The Bertz CT molecular complexity index is 383. The van der Waals surface area contributed by atoms with E-state index < -0.39 is 0 Å². The Morgan fingerprint density at radius 3 is 3.06 bits per heavy atom.